The van der Waals surface area contributed by atoms with Crippen molar-refractivity contribution < 1.29 is 9.53 Å². The third-order valence-electron chi connectivity index (χ3n) is 2.03. The quantitative estimate of drug-likeness (QED) is 0.823. The number of amides is 1. The van der Waals surface area contributed by atoms with E-state index in [1.165, 1.54) is 0 Å². The highest BCUT2D eigenvalue weighted by atomic mass is 16.6. The second-order valence-electron chi connectivity index (χ2n) is 4.75. The molecule has 2 aromatic rings. The van der Waals surface area contributed by atoms with Crippen molar-refractivity contribution in [3.63, 3.8) is 0 Å². The first kappa shape index (κ1) is 11.4. The summed E-state index contributed by atoms with van der Waals surface area (Å²) in [5.41, 5.74) is 1.03. The highest BCUT2D eigenvalue weighted by Crippen LogP contribution is 2.13. The van der Waals surface area contributed by atoms with Crippen molar-refractivity contribution in [3.05, 3.63) is 30.6 Å². The molecule has 2 rings (SSSR count). The average molecular weight is 233 g/mol. The lowest BCUT2D eigenvalue weighted by atomic mass is 10.2. The standard InChI is InChI=1S/C12H15N3O2/c1-12(2,3)17-11(16)14-9-7-10-5-4-6-15(10)13-8-9/h4-8H,1-3H3,(H,14,16). The molecule has 0 fully saturated rings. The number of hydrogen-bond acceptors (Lipinski definition) is 3. The van der Waals surface area contributed by atoms with Gasteiger partial charge in [0, 0.05) is 6.20 Å². The summed E-state index contributed by atoms with van der Waals surface area (Å²) < 4.78 is 6.87. The molecule has 0 radical (unpaired) electrons. The van der Waals surface area contributed by atoms with Gasteiger partial charge in [0.15, 0.2) is 0 Å². The largest absolute Gasteiger partial charge is 0.444 e. The van der Waals surface area contributed by atoms with Crippen LogP contribution in [0.2, 0.25) is 0 Å². The number of nitrogens with one attached hydrogen (secondary N) is 1. The van der Waals surface area contributed by atoms with Gasteiger partial charge in [-0.3, -0.25) is 5.32 Å². The van der Waals surface area contributed by atoms with E-state index in [0.29, 0.717) is 5.69 Å². The maximum atomic E-state index is 11.5. The Bertz CT molecular complexity index is 540. The summed E-state index contributed by atoms with van der Waals surface area (Å²) in [5, 5.41) is 6.78. The van der Waals surface area contributed by atoms with E-state index in [9.17, 15) is 4.79 Å². The third kappa shape index (κ3) is 2.96. The van der Waals surface area contributed by atoms with E-state index in [1.807, 2.05) is 45.2 Å². The summed E-state index contributed by atoms with van der Waals surface area (Å²) in [5.74, 6) is 0. The van der Waals surface area contributed by atoms with Crippen molar-refractivity contribution in [2.45, 2.75) is 26.4 Å². The number of carbonyl (C=O) groups is 1. The predicted octanol–water partition coefficient (Wildman–Crippen LogP) is 2.68. The molecule has 5 nitrogen and oxygen atoms in total. The van der Waals surface area contributed by atoms with Crippen LogP contribution >= 0.6 is 0 Å². The molecule has 0 unspecified atom stereocenters. The van der Waals surface area contributed by atoms with Crippen LogP contribution in [0.4, 0.5) is 10.5 Å². The maximum Gasteiger partial charge on any atom is 0.412 e. The average Bonchev–Trinajstić information content (AvgIpc) is 2.61. The predicted molar refractivity (Wildman–Crippen MR) is 65.0 cm³/mol. The molecule has 0 saturated carbocycles. The Kier molecular flexibility index (Phi) is 2.75. The van der Waals surface area contributed by atoms with E-state index < -0.39 is 11.7 Å². The lowest BCUT2D eigenvalue weighted by Crippen LogP contribution is -2.27. The van der Waals surface area contributed by atoms with Gasteiger partial charge in [-0.15, -0.1) is 0 Å². The van der Waals surface area contributed by atoms with Crippen LogP contribution in [0.1, 0.15) is 20.8 Å². The van der Waals surface area contributed by atoms with Gasteiger partial charge in [-0.25, -0.2) is 9.31 Å². The Balaban J connectivity index is 2.10. The molecule has 2 heterocycles. The normalized spacial score (nSPS) is 11.5. The van der Waals surface area contributed by atoms with Crippen LogP contribution in [0, 0.1) is 0 Å². The lowest BCUT2D eigenvalue weighted by Gasteiger charge is -2.19. The van der Waals surface area contributed by atoms with E-state index in [4.69, 9.17) is 4.74 Å². The molecular weight excluding hydrogens is 218 g/mol. The van der Waals surface area contributed by atoms with Crippen LogP contribution in [0.5, 0.6) is 0 Å². The topological polar surface area (TPSA) is 55.6 Å². The summed E-state index contributed by atoms with van der Waals surface area (Å²) in [6, 6.07) is 5.63. The Hall–Kier alpha value is -2.04. The van der Waals surface area contributed by atoms with Crippen LogP contribution in [-0.2, 0) is 4.74 Å². The zero-order valence-corrected chi connectivity index (χ0v) is 10.1. The SMILES string of the molecule is CC(C)(C)OC(=O)Nc1cnn2cccc2c1. The summed E-state index contributed by atoms with van der Waals surface area (Å²) in [7, 11) is 0. The summed E-state index contributed by atoms with van der Waals surface area (Å²) in [4.78, 5) is 11.5. The second kappa shape index (κ2) is 4.08. The molecule has 0 aliphatic carbocycles. The van der Waals surface area contributed by atoms with Crippen LogP contribution in [0.25, 0.3) is 5.52 Å². The maximum absolute atomic E-state index is 11.5. The molecule has 90 valence electrons. The van der Waals surface area contributed by atoms with Crippen molar-refractivity contribution in [1.29, 1.82) is 0 Å². The summed E-state index contributed by atoms with van der Waals surface area (Å²) in [6.07, 6.45) is 2.94. The Morgan fingerprint density at radius 1 is 1.47 bits per heavy atom. The van der Waals surface area contributed by atoms with Gasteiger partial charge in [0.05, 0.1) is 17.4 Å². The monoisotopic (exact) mass is 233 g/mol. The van der Waals surface area contributed by atoms with E-state index >= 15 is 0 Å². The summed E-state index contributed by atoms with van der Waals surface area (Å²) >= 11 is 0. The summed E-state index contributed by atoms with van der Waals surface area (Å²) in [6.45, 7) is 5.46. The first-order valence-electron chi connectivity index (χ1n) is 5.37. The number of carbonyl (C=O) groups excluding carboxylic acids is 1. The zero-order chi connectivity index (χ0) is 12.5. The van der Waals surface area contributed by atoms with Crippen LogP contribution < -0.4 is 5.32 Å². The third-order valence-corrected chi connectivity index (χ3v) is 2.03. The van der Waals surface area contributed by atoms with E-state index in [1.54, 1.807) is 10.7 Å². The fourth-order valence-electron chi connectivity index (χ4n) is 1.42. The number of hydrogen-bond donors (Lipinski definition) is 1. The van der Waals surface area contributed by atoms with Gasteiger partial charge in [0.1, 0.15) is 5.60 Å². The fraction of sp³-hybridized carbons (Fsp3) is 0.333. The zero-order valence-electron chi connectivity index (χ0n) is 10.1. The molecule has 0 bridgehead atoms. The number of aromatic nitrogens is 2. The van der Waals surface area contributed by atoms with Crippen molar-refractivity contribution in [2.24, 2.45) is 0 Å². The second-order valence-corrected chi connectivity index (χ2v) is 4.75. The first-order valence-corrected chi connectivity index (χ1v) is 5.37. The van der Waals surface area contributed by atoms with Crippen molar-refractivity contribution in [2.75, 3.05) is 5.32 Å². The Morgan fingerprint density at radius 3 is 2.94 bits per heavy atom. The van der Waals surface area contributed by atoms with Gasteiger partial charge in [-0.05, 0) is 39.0 Å². The number of rotatable bonds is 1. The Labute approximate surface area is 99.4 Å². The minimum Gasteiger partial charge on any atom is -0.444 e. The molecule has 1 amide bonds. The van der Waals surface area contributed by atoms with E-state index in [0.717, 1.165) is 5.52 Å². The number of nitrogens with zero attached hydrogens (tertiary/aromatic N) is 2. The molecule has 1 N–H and O–H groups in total. The highest BCUT2D eigenvalue weighted by molar-refractivity contribution is 5.85. The highest BCUT2D eigenvalue weighted by Gasteiger charge is 2.16. The molecule has 0 atom stereocenters. The molecule has 0 spiro atoms. The minimum absolute atomic E-state index is 0.477. The molecule has 0 aliphatic rings. The first-order chi connectivity index (χ1) is 7.94. The van der Waals surface area contributed by atoms with Gasteiger partial charge < -0.3 is 4.74 Å². The number of ether oxygens (including phenoxy) is 1. The van der Waals surface area contributed by atoms with Crippen LogP contribution in [0.3, 0.4) is 0 Å². The number of anilines is 1. The van der Waals surface area contributed by atoms with Gasteiger partial charge in [-0.1, -0.05) is 0 Å². The Morgan fingerprint density at radius 2 is 2.24 bits per heavy atom. The minimum atomic E-state index is -0.503. The molecular formula is C12H15N3O2. The van der Waals surface area contributed by atoms with Gasteiger partial charge >= 0.3 is 6.09 Å². The lowest BCUT2D eigenvalue weighted by molar-refractivity contribution is 0.0636. The smallest absolute Gasteiger partial charge is 0.412 e. The molecule has 2 aromatic heterocycles. The van der Waals surface area contributed by atoms with Gasteiger partial charge in [-0.2, -0.15) is 5.10 Å². The number of fused-ring (bicyclic) bond motifs is 1. The molecule has 0 aliphatic heterocycles. The van der Waals surface area contributed by atoms with Crippen molar-refractivity contribution in [1.82, 2.24) is 9.61 Å². The van der Waals surface area contributed by atoms with E-state index in [-0.39, 0.29) is 0 Å². The molecule has 5 heteroatoms. The molecule has 17 heavy (non-hydrogen) atoms. The molecule has 0 saturated heterocycles. The van der Waals surface area contributed by atoms with Gasteiger partial charge in [0.2, 0.25) is 0 Å². The molecule has 0 aromatic carbocycles. The van der Waals surface area contributed by atoms with Gasteiger partial charge in [0.25, 0.3) is 0 Å². The van der Waals surface area contributed by atoms with Crippen LogP contribution in [-0.4, -0.2) is 21.3 Å². The van der Waals surface area contributed by atoms with E-state index in [2.05, 4.69) is 10.4 Å². The fourth-order valence-corrected chi connectivity index (χ4v) is 1.42. The van der Waals surface area contributed by atoms with Crippen molar-refractivity contribution in [3.8, 4) is 0 Å². The van der Waals surface area contributed by atoms with Crippen LogP contribution in [0.15, 0.2) is 30.6 Å². The van der Waals surface area contributed by atoms with Crippen molar-refractivity contribution >= 4 is 17.3 Å².